The second-order valence-corrected chi connectivity index (χ2v) is 8.63. The van der Waals surface area contributed by atoms with E-state index in [-0.39, 0.29) is 16.4 Å². The van der Waals surface area contributed by atoms with Gasteiger partial charge in [0.15, 0.2) is 9.84 Å². The van der Waals surface area contributed by atoms with E-state index >= 15 is 0 Å². The number of carboxylic acids is 1. The van der Waals surface area contributed by atoms with Crippen molar-refractivity contribution in [3.8, 4) is 17.2 Å². The number of aromatic hydroxyl groups is 1. The van der Waals surface area contributed by atoms with Crippen LogP contribution in [0.5, 0.6) is 17.2 Å². The molecule has 1 amide bonds. The predicted molar refractivity (Wildman–Crippen MR) is 101 cm³/mol. The standard InChI is InChI=1S/C19H19NO7S/c1-10-8-14(20-18(22)19(23)24)12-4-3-5-13(12)17(10)27-11-6-7-15(21)16(9-11)28(2,25)26/h6-9,21H,3-5H2,1-2H3,(H,20,22)(H,23,24). The van der Waals surface area contributed by atoms with Gasteiger partial charge in [-0.2, -0.15) is 0 Å². The second kappa shape index (κ2) is 7.16. The van der Waals surface area contributed by atoms with Gasteiger partial charge in [0.05, 0.1) is 0 Å². The first kappa shape index (κ1) is 19.7. The summed E-state index contributed by atoms with van der Waals surface area (Å²) in [6.07, 6.45) is 3.15. The fourth-order valence-electron chi connectivity index (χ4n) is 3.30. The number of aryl methyl sites for hydroxylation is 1. The molecule has 148 valence electrons. The van der Waals surface area contributed by atoms with Gasteiger partial charge in [0.25, 0.3) is 0 Å². The lowest BCUT2D eigenvalue weighted by Gasteiger charge is -2.17. The van der Waals surface area contributed by atoms with Crippen LogP contribution in [0.25, 0.3) is 0 Å². The van der Waals surface area contributed by atoms with E-state index in [2.05, 4.69) is 5.32 Å². The summed E-state index contributed by atoms with van der Waals surface area (Å²) in [5.41, 5.74) is 2.74. The first-order valence-corrected chi connectivity index (χ1v) is 10.4. The number of benzene rings is 2. The van der Waals surface area contributed by atoms with Crippen LogP contribution in [0.1, 0.15) is 23.1 Å². The smallest absolute Gasteiger partial charge is 0.394 e. The van der Waals surface area contributed by atoms with Gasteiger partial charge >= 0.3 is 11.9 Å². The number of nitrogens with one attached hydrogen (secondary N) is 1. The molecule has 0 atom stereocenters. The largest absolute Gasteiger partial charge is 0.507 e. The van der Waals surface area contributed by atoms with Crippen molar-refractivity contribution in [2.24, 2.45) is 0 Å². The molecule has 3 N–H and O–H groups in total. The first-order valence-electron chi connectivity index (χ1n) is 8.48. The van der Waals surface area contributed by atoms with Gasteiger partial charge in [-0.25, -0.2) is 13.2 Å². The monoisotopic (exact) mass is 405 g/mol. The van der Waals surface area contributed by atoms with Crippen molar-refractivity contribution in [2.45, 2.75) is 31.1 Å². The van der Waals surface area contributed by atoms with Gasteiger partial charge in [-0.05, 0) is 55.5 Å². The van der Waals surface area contributed by atoms with Crippen molar-refractivity contribution in [3.63, 3.8) is 0 Å². The highest BCUT2D eigenvalue weighted by atomic mass is 32.2. The highest BCUT2D eigenvalue weighted by molar-refractivity contribution is 7.90. The molecule has 0 heterocycles. The maximum Gasteiger partial charge on any atom is 0.394 e. The SMILES string of the molecule is Cc1cc(NC(=O)C(=O)O)c2c(c1Oc1ccc(O)c(S(C)(=O)=O)c1)CCC2. The molecule has 0 saturated carbocycles. The molecule has 0 spiro atoms. The number of ether oxygens (including phenoxy) is 1. The van der Waals surface area contributed by atoms with Crippen LogP contribution in [-0.4, -0.2) is 36.8 Å². The molecule has 1 aliphatic carbocycles. The molecular formula is C19H19NO7S. The number of anilines is 1. The third-order valence-corrected chi connectivity index (χ3v) is 5.66. The highest BCUT2D eigenvalue weighted by Crippen LogP contribution is 2.41. The Kier molecular flexibility index (Phi) is 5.03. The minimum atomic E-state index is -3.63. The van der Waals surface area contributed by atoms with Gasteiger partial charge in [-0.3, -0.25) is 4.79 Å². The van der Waals surface area contributed by atoms with Crippen molar-refractivity contribution >= 4 is 27.4 Å². The Labute approximate surface area is 161 Å². The molecule has 3 rings (SSSR count). The zero-order valence-corrected chi connectivity index (χ0v) is 16.1. The lowest BCUT2D eigenvalue weighted by molar-refractivity contribution is -0.147. The van der Waals surface area contributed by atoms with Crippen LogP contribution in [0, 0.1) is 6.92 Å². The predicted octanol–water partition coefficient (Wildman–Crippen LogP) is 2.41. The Morgan fingerprint density at radius 1 is 1.14 bits per heavy atom. The van der Waals surface area contributed by atoms with Crippen molar-refractivity contribution in [1.29, 1.82) is 0 Å². The number of carboxylic acid groups (broad SMARTS) is 1. The maximum atomic E-state index is 11.8. The van der Waals surface area contributed by atoms with E-state index in [4.69, 9.17) is 9.84 Å². The third kappa shape index (κ3) is 3.79. The number of carbonyl (C=O) groups excluding carboxylic acids is 1. The Hall–Kier alpha value is -3.07. The summed E-state index contributed by atoms with van der Waals surface area (Å²) in [6.45, 7) is 1.75. The van der Waals surface area contributed by atoms with E-state index in [0.717, 1.165) is 23.8 Å². The summed E-state index contributed by atoms with van der Waals surface area (Å²) in [5, 5.41) is 21.0. The molecule has 1 aliphatic rings. The molecule has 0 radical (unpaired) electrons. The summed E-state index contributed by atoms with van der Waals surface area (Å²) in [6, 6.07) is 5.61. The molecule has 0 unspecified atom stereocenters. The van der Waals surface area contributed by atoms with Crippen LogP contribution in [-0.2, 0) is 32.3 Å². The number of sulfone groups is 1. The summed E-state index contributed by atoms with van der Waals surface area (Å²) in [4.78, 5) is 22.1. The van der Waals surface area contributed by atoms with Crippen LogP contribution in [0.3, 0.4) is 0 Å². The second-order valence-electron chi connectivity index (χ2n) is 6.64. The van der Waals surface area contributed by atoms with Crippen LogP contribution in [0.4, 0.5) is 5.69 Å². The average Bonchev–Trinajstić information content (AvgIpc) is 3.08. The zero-order chi connectivity index (χ0) is 20.6. The summed E-state index contributed by atoms with van der Waals surface area (Å²) in [7, 11) is -3.63. The number of hydrogen-bond acceptors (Lipinski definition) is 6. The Morgan fingerprint density at radius 3 is 2.46 bits per heavy atom. The third-order valence-electron chi connectivity index (χ3n) is 4.53. The van der Waals surface area contributed by atoms with E-state index < -0.39 is 21.7 Å². The number of amides is 1. The van der Waals surface area contributed by atoms with Gasteiger partial charge in [0.2, 0.25) is 0 Å². The fourth-order valence-corrected chi connectivity index (χ4v) is 4.08. The fraction of sp³-hybridized carbons (Fsp3) is 0.263. The minimum Gasteiger partial charge on any atom is -0.507 e. The molecular weight excluding hydrogens is 386 g/mol. The number of carbonyl (C=O) groups is 2. The molecule has 2 aromatic rings. The number of aliphatic carboxylic acids is 1. The van der Waals surface area contributed by atoms with Crippen LogP contribution >= 0.6 is 0 Å². The van der Waals surface area contributed by atoms with Gasteiger partial charge in [-0.1, -0.05) is 0 Å². The summed E-state index contributed by atoms with van der Waals surface area (Å²) in [5.74, 6) is -2.26. The molecule has 9 heteroatoms. The van der Waals surface area contributed by atoms with E-state index in [0.29, 0.717) is 29.8 Å². The normalized spacial score (nSPS) is 13.1. The molecule has 0 aliphatic heterocycles. The van der Waals surface area contributed by atoms with Gasteiger partial charge < -0.3 is 20.3 Å². The quantitative estimate of drug-likeness (QED) is 0.666. The Morgan fingerprint density at radius 2 is 1.82 bits per heavy atom. The summed E-state index contributed by atoms with van der Waals surface area (Å²) >= 11 is 0. The lowest BCUT2D eigenvalue weighted by Crippen LogP contribution is -2.22. The average molecular weight is 405 g/mol. The molecule has 28 heavy (non-hydrogen) atoms. The van der Waals surface area contributed by atoms with Crippen molar-refractivity contribution in [3.05, 3.63) is 41.0 Å². The highest BCUT2D eigenvalue weighted by Gasteiger charge is 2.25. The van der Waals surface area contributed by atoms with Crippen molar-refractivity contribution in [1.82, 2.24) is 0 Å². The molecule has 8 nitrogen and oxygen atoms in total. The van der Waals surface area contributed by atoms with E-state index in [1.807, 2.05) is 0 Å². The van der Waals surface area contributed by atoms with Crippen LogP contribution in [0.2, 0.25) is 0 Å². The Bertz CT molecular complexity index is 1090. The van der Waals surface area contributed by atoms with Gasteiger partial charge in [-0.15, -0.1) is 0 Å². The minimum absolute atomic E-state index is 0.232. The molecule has 0 aromatic heterocycles. The number of phenols is 1. The van der Waals surface area contributed by atoms with Crippen molar-refractivity contribution < 1.29 is 33.0 Å². The van der Waals surface area contributed by atoms with Crippen LogP contribution in [0.15, 0.2) is 29.2 Å². The van der Waals surface area contributed by atoms with E-state index in [1.54, 1.807) is 13.0 Å². The maximum absolute atomic E-state index is 11.8. The topological polar surface area (TPSA) is 130 Å². The van der Waals surface area contributed by atoms with Crippen LogP contribution < -0.4 is 10.1 Å². The molecule has 0 fully saturated rings. The van der Waals surface area contributed by atoms with E-state index in [9.17, 15) is 23.1 Å². The number of phenolic OH excluding ortho intramolecular Hbond substituents is 1. The van der Waals surface area contributed by atoms with Crippen molar-refractivity contribution in [2.75, 3.05) is 11.6 Å². The lowest BCUT2D eigenvalue weighted by atomic mass is 10.0. The molecule has 0 bridgehead atoms. The number of fused-ring (bicyclic) bond motifs is 1. The molecule has 0 saturated heterocycles. The zero-order valence-electron chi connectivity index (χ0n) is 15.3. The molecule has 2 aromatic carbocycles. The summed E-state index contributed by atoms with van der Waals surface area (Å²) < 4.78 is 29.6. The van der Waals surface area contributed by atoms with Gasteiger partial charge in [0.1, 0.15) is 22.1 Å². The number of rotatable bonds is 4. The first-order chi connectivity index (χ1) is 13.1. The van der Waals surface area contributed by atoms with Gasteiger partial charge in [0, 0.05) is 23.6 Å². The number of hydrogen-bond donors (Lipinski definition) is 3. The van der Waals surface area contributed by atoms with E-state index in [1.165, 1.54) is 18.2 Å². The Balaban J connectivity index is 2.02.